The van der Waals surface area contributed by atoms with Crippen LogP contribution in [0.4, 0.5) is 0 Å². The van der Waals surface area contributed by atoms with Crippen LogP contribution in [0.1, 0.15) is 119 Å². The third kappa shape index (κ3) is 7.83. The van der Waals surface area contributed by atoms with Crippen molar-refractivity contribution < 1.29 is 9.47 Å². The highest BCUT2D eigenvalue weighted by molar-refractivity contribution is 6.99. The fourth-order valence-corrected chi connectivity index (χ4v) is 6.93. The lowest BCUT2D eigenvalue weighted by Crippen LogP contribution is -2.51. The first-order valence-corrected chi connectivity index (χ1v) is 17.0. The Labute approximate surface area is 257 Å². The Morgan fingerprint density at radius 3 is 1.31 bits per heavy atom. The van der Waals surface area contributed by atoms with Gasteiger partial charge in [0, 0.05) is 0 Å². The lowest BCUT2D eigenvalue weighted by atomic mass is 9.37. The van der Waals surface area contributed by atoms with Crippen molar-refractivity contribution in [1.29, 1.82) is 0 Å². The molecule has 1 heterocycles. The van der Waals surface area contributed by atoms with Gasteiger partial charge in [0.15, 0.2) is 0 Å². The summed E-state index contributed by atoms with van der Waals surface area (Å²) in [5, 5.41) is 0. The summed E-state index contributed by atoms with van der Waals surface area (Å²) in [5.74, 6) is 2.06. The Kier molecular flexibility index (Phi) is 12.0. The molecule has 0 unspecified atom stereocenters. The highest BCUT2D eigenvalue weighted by Gasteiger charge is 2.36. The molecule has 3 aromatic rings. The smallest absolute Gasteiger partial charge is 0.243 e. The van der Waals surface area contributed by atoms with E-state index in [0.29, 0.717) is 0 Å². The predicted molar refractivity (Wildman–Crippen MR) is 184 cm³/mol. The van der Waals surface area contributed by atoms with Gasteiger partial charge in [-0.1, -0.05) is 135 Å². The van der Waals surface area contributed by atoms with Gasteiger partial charge in [-0.2, -0.15) is 0 Å². The highest BCUT2D eigenvalue weighted by atomic mass is 16.5. The zero-order valence-corrected chi connectivity index (χ0v) is 27.8. The summed E-state index contributed by atoms with van der Waals surface area (Å²) in [6.45, 7) is 17.6. The number of aryl methyl sites for hydroxylation is 5. The van der Waals surface area contributed by atoms with Gasteiger partial charge in [0.2, 0.25) is 6.71 Å². The predicted octanol–water partition coefficient (Wildman–Crippen LogP) is 9.20. The van der Waals surface area contributed by atoms with E-state index < -0.39 is 0 Å². The molecule has 0 amide bonds. The largest absolute Gasteiger partial charge is 0.493 e. The molecule has 0 aliphatic carbocycles. The van der Waals surface area contributed by atoms with Gasteiger partial charge in [0.05, 0.1) is 13.2 Å². The van der Waals surface area contributed by atoms with Crippen LogP contribution in [-0.4, -0.2) is 19.9 Å². The van der Waals surface area contributed by atoms with Gasteiger partial charge < -0.3 is 9.47 Å². The third-order valence-corrected chi connectivity index (χ3v) is 9.14. The number of unbranched alkanes of at least 4 members (excludes halogenated alkanes) is 10. The molecule has 0 fully saturated rings. The summed E-state index contributed by atoms with van der Waals surface area (Å²) < 4.78 is 12.9. The van der Waals surface area contributed by atoms with Crippen molar-refractivity contribution >= 4 is 23.1 Å². The fourth-order valence-electron chi connectivity index (χ4n) is 6.93. The van der Waals surface area contributed by atoms with E-state index in [1.807, 2.05) is 0 Å². The van der Waals surface area contributed by atoms with E-state index >= 15 is 0 Å². The van der Waals surface area contributed by atoms with E-state index in [4.69, 9.17) is 9.47 Å². The molecule has 0 atom stereocenters. The zero-order chi connectivity index (χ0) is 30.1. The maximum atomic E-state index is 6.43. The molecule has 4 rings (SSSR count). The summed E-state index contributed by atoms with van der Waals surface area (Å²) in [5.41, 5.74) is 13.4. The van der Waals surface area contributed by atoms with Gasteiger partial charge in [0.25, 0.3) is 0 Å². The number of rotatable bonds is 17. The highest BCUT2D eigenvalue weighted by Crippen LogP contribution is 2.34. The van der Waals surface area contributed by atoms with Gasteiger partial charge in [-0.25, -0.2) is 0 Å². The maximum absolute atomic E-state index is 6.43. The molecule has 0 spiro atoms. The topological polar surface area (TPSA) is 18.5 Å². The second-order valence-corrected chi connectivity index (χ2v) is 12.9. The number of hydrogen-bond donors (Lipinski definition) is 0. The molecular weight excluding hydrogens is 511 g/mol. The molecule has 0 saturated heterocycles. The lowest BCUT2D eigenvalue weighted by molar-refractivity contribution is 0.302. The van der Waals surface area contributed by atoms with E-state index in [1.54, 1.807) is 0 Å². The van der Waals surface area contributed by atoms with Crippen LogP contribution < -0.4 is 25.9 Å². The summed E-state index contributed by atoms with van der Waals surface area (Å²) in [4.78, 5) is 0. The molecule has 2 nitrogen and oxygen atoms in total. The van der Waals surface area contributed by atoms with Crippen LogP contribution in [0.5, 0.6) is 11.5 Å². The minimum Gasteiger partial charge on any atom is -0.493 e. The van der Waals surface area contributed by atoms with Crippen LogP contribution >= 0.6 is 0 Å². The quantitative estimate of drug-likeness (QED) is 0.0937. The average Bonchev–Trinajstić information content (AvgIpc) is 3.23. The number of benzene rings is 3. The van der Waals surface area contributed by atoms with Crippen molar-refractivity contribution in [1.82, 2.24) is 0 Å². The third-order valence-electron chi connectivity index (χ3n) is 9.14. The van der Waals surface area contributed by atoms with E-state index in [9.17, 15) is 0 Å². The van der Waals surface area contributed by atoms with Crippen molar-refractivity contribution in [2.75, 3.05) is 13.2 Å². The SMILES string of the molecule is CCCCCCCCOc1cc2c(cc1C)B(c1c(C)cc(C)cc1C)c1cc(C)c(OCCCCCCCC)cc1-2. The first-order chi connectivity index (χ1) is 20.3. The molecular formula is C39H55BO2. The van der Waals surface area contributed by atoms with E-state index in [-0.39, 0.29) is 6.71 Å². The fraction of sp³-hybridized carbons (Fsp3) is 0.538. The second-order valence-electron chi connectivity index (χ2n) is 12.9. The van der Waals surface area contributed by atoms with Gasteiger partial charge >= 0.3 is 0 Å². The number of fused-ring (bicyclic) bond motifs is 3. The molecule has 0 N–H and O–H groups in total. The minimum atomic E-state index is 0.230. The summed E-state index contributed by atoms with van der Waals surface area (Å²) >= 11 is 0. The molecule has 0 saturated carbocycles. The Bertz CT molecular complexity index is 1230. The Morgan fingerprint density at radius 2 is 0.881 bits per heavy atom. The van der Waals surface area contributed by atoms with Crippen LogP contribution in [0.15, 0.2) is 36.4 Å². The van der Waals surface area contributed by atoms with Crippen LogP contribution in [-0.2, 0) is 0 Å². The first-order valence-electron chi connectivity index (χ1n) is 17.0. The van der Waals surface area contributed by atoms with Gasteiger partial charge in [-0.15, -0.1) is 0 Å². The molecule has 42 heavy (non-hydrogen) atoms. The molecule has 1 aliphatic heterocycles. The molecule has 3 heteroatoms. The Morgan fingerprint density at radius 1 is 0.476 bits per heavy atom. The van der Waals surface area contributed by atoms with Gasteiger partial charge in [-0.3, -0.25) is 0 Å². The lowest BCUT2D eigenvalue weighted by Gasteiger charge is -2.19. The number of ether oxygens (including phenoxy) is 2. The zero-order valence-electron chi connectivity index (χ0n) is 27.8. The van der Waals surface area contributed by atoms with Crippen LogP contribution in [0.3, 0.4) is 0 Å². The van der Waals surface area contributed by atoms with Gasteiger partial charge in [0.1, 0.15) is 11.5 Å². The normalized spacial score (nSPS) is 12.0. The Balaban J connectivity index is 1.62. The number of hydrogen-bond acceptors (Lipinski definition) is 2. The van der Waals surface area contributed by atoms with E-state index in [2.05, 4.69) is 84.9 Å². The molecule has 1 aliphatic rings. The maximum Gasteiger partial charge on any atom is 0.243 e. The standard InChI is InChI=1S/C39H55BO2/c1-8-10-12-14-16-18-20-41-37-26-33-34-27-38(42-21-19-17-15-13-11-9-2)30(5)25-36(34)40(35(33)24-29(37)4)39-31(6)22-28(3)23-32(39)7/h22-27H,8-21H2,1-7H3. The second kappa shape index (κ2) is 15.7. The molecule has 0 aromatic heterocycles. The van der Waals surface area contributed by atoms with Gasteiger partial charge in [-0.05, 0) is 81.8 Å². The van der Waals surface area contributed by atoms with Crippen molar-refractivity contribution in [3.8, 4) is 22.6 Å². The molecule has 226 valence electrons. The molecule has 3 aromatic carbocycles. The van der Waals surface area contributed by atoms with Crippen molar-refractivity contribution in [2.24, 2.45) is 0 Å². The van der Waals surface area contributed by atoms with E-state index in [0.717, 1.165) is 37.6 Å². The molecule has 0 bridgehead atoms. The monoisotopic (exact) mass is 566 g/mol. The molecule has 0 radical (unpaired) electrons. The summed E-state index contributed by atoms with van der Waals surface area (Å²) in [7, 11) is 0. The van der Waals surface area contributed by atoms with Crippen LogP contribution in [0.25, 0.3) is 11.1 Å². The first kappa shape index (κ1) is 32.2. The minimum absolute atomic E-state index is 0.230. The summed E-state index contributed by atoms with van der Waals surface area (Å²) in [6.07, 6.45) is 15.3. The van der Waals surface area contributed by atoms with E-state index in [1.165, 1.54) is 120 Å². The van der Waals surface area contributed by atoms with Crippen LogP contribution in [0, 0.1) is 34.6 Å². The Hall–Kier alpha value is -2.68. The van der Waals surface area contributed by atoms with Crippen LogP contribution in [0.2, 0.25) is 0 Å². The van der Waals surface area contributed by atoms with Crippen molar-refractivity contribution in [2.45, 2.75) is 126 Å². The average molecular weight is 567 g/mol. The van der Waals surface area contributed by atoms with Crippen molar-refractivity contribution in [3.05, 3.63) is 64.2 Å². The summed E-state index contributed by atoms with van der Waals surface area (Å²) in [6, 6.07) is 14.1. The van der Waals surface area contributed by atoms with Crippen molar-refractivity contribution in [3.63, 3.8) is 0 Å².